The molecule has 0 spiro atoms. The third-order valence-corrected chi connectivity index (χ3v) is 3.01. The van der Waals surface area contributed by atoms with Gasteiger partial charge in [0.1, 0.15) is 12.2 Å². The Morgan fingerprint density at radius 1 is 1.24 bits per heavy atom. The summed E-state index contributed by atoms with van der Waals surface area (Å²) in [4.78, 5) is 4.24. The molecular formula is C14H12F2N4O. The standard InChI is InChI=1S/C14H12F2N4O/c1-9-7-11(13(15)16)18-20(9)8-12-17-14(19-21-12)10-5-3-2-4-6-10/h2-7,13H,8H2,1H3. The zero-order valence-electron chi connectivity index (χ0n) is 11.2. The van der Waals surface area contributed by atoms with Gasteiger partial charge >= 0.3 is 0 Å². The van der Waals surface area contributed by atoms with E-state index in [1.807, 2.05) is 30.3 Å². The highest BCUT2D eigenvalue weighted by Gasteiger charge is 2.15. The molecule has 0 saturated carbocycles. The zero-order valence-corrected chi connectivity index (χ0v) is 11.2. The topological polar surface area (TPSA) is 56.7 Å². The minimum absolute atomic E-state index is 0.165. The van der Waals surface area contributed by atoms with Crippen molar-refractivity contribution in [1.82, 2.24) is 19.9 Å². The molecule has 108 valence electrons. The van der Waals surface area contributed by atoms with Crippen LogP contribution in [0.15, 0.2) is 40.9 Å². The molecule has 0 N–H and O–H groups in total. The van der Waals surface area contributed by atoms with Crippen molar-refractivity contribution in [3.8, 4) is 11.4 Å². The van der Waals surface area contributed by atoms with Crippen molar-refractivity contribution in [2.75, 3.05) is 0 Å². The fraction of sp³-hybridized carbons (Fsp3) is 0.214. The van der Waals surface area contributed by atoms with Crippen LogP contribution in [-0.4, -0.2) is 19.9 Å². The summed E-state index contributed by atoms with van der Waals surface area (Å²) in [5.74, 6) is 0.783. The summed E-state index contributed by atoms with van der Waals surface area (Å²) in [5.41, 5.74) is 1.19. The first-order valence-corrected chi connectivity index (χ1v) is 6.34. The summed E-state index contributed by atoms with van der Waals surface area (Å²) in [6, 6.07) is 10.7. The molecule has 0 aliphatic carbocycles. The van der Waals surface area contributed by atoms with E-state index in [-0.39, 0.29) is 12.2 Å². The predicted octanol–water partition coefficient (Wildman–Crippen LogP) is 3.23. The van der Waals surface area contributed by atoms with Crippen LogP contribution in [0, 0.1) is 6.92 Å². The van der Waals surface area contributed by atoms with Crippen molar-refractivity contribution < 1.29 is 13.3 Å². The van der Waals surface area contributed by atoms with Gasteiger partial charge < -0.3 is 4.52 Å². The van der Waals surface area contributed by atoms with Gasteiger partial charge in [-0.3, -0.25) is 4.68 Å². The molecule has 2 heterocycles. The second-order valence-corrected chi connectivity index (χ2v) is 4.55. The minimum atomic E-state index is -2.59. The maximum Gasteiger partial charge on any atom is 0.282 e. The first-order chi connectivity index (χ1) is 10.1. The third kappa shape index (κ3) is 2.81. The van der Waals surface area contributed by atoms with Crippen LogP contribution in [0.1, 0.15) is 23.7 Å². The SMILES string of the molecule is Cc1cc(C(F)F)nn1Cc1nc(-c2ccccc2)no1. The zero-order chi connectivity index (χ0) is 14.8. The number of aryl methyl sites for hydroxylation is 1. The summed E-state index contributed by atoms with van der Waals surface area (Å²) >= 11 is 0. The Balaban J connectivity index is 1.82. The molecule has 0 aliphatic rings. The van der Waals surface area contributed by atoms with E-state index in [4.69, 9.17) is 4.52 Å². The number of nitrogens with zero attached hydrogens (tertiary/aromatic N) is 4. The summed E-state index contributed by atoms with van der Waals surface area (Å²) in [6.45, 7) is 1.87. The van der Waals surface area contributed by atoms with E-state index >= 15 is 0 Å². The van der Waals surface area contributed by atoms with Crippen molar-refractivity contribution >= 4 is 0 Å². The predicted molar refractivity (Wildman–Crippen MR) is 70.8 cm³/mol. The molecule has 2 aromatic heterocycles. The van der Waals surface area contributed by atoms with Crippen LogP contribution in [0.4, 0.5) is 8.78 Å². The molecule has 1 aromatic carbocycles. The molecule has 3 rings (SSSR count). The van der Waals surface area contributed by atoms with Crippen molar-refractivity contribution in [3.05, 3.63) is 53.7 Å². The quantitative estimate of drug-likeness (QED) is 0.740. The second kappa shape index (κ2) is 5.43. The van der Waals surface area contributed by atoms with E-state index < -0.39 is 6.43 Å². The van der Waals surface area contributed by atoms with Crippen molar-refractivity contribution in [2.24, 2.45) is 0 Å². The Morgan fingerprint density at radius 3 is 2.67 bits per heavy atom. The number of rotatable bonds is 4. The first kappa shape index (κ1) is 13.4. The van der Waals surface area contributed by atoms with Crippen LogP contribution in [0.25, 0.3) is 11.4 Å². The average Bonchev–Trinajstić information content (AvgIpc) is 3.08. The highest BCUT2D eigenvalue weighted by molar-refractivity contribution is 5.53. The second-order valence-electron chi connectivity index (χ2n) is 4.55. The van der Waals surface area contributed by atoms with Crippen LogP contribution >= 0.6 is 0 Å². The van der Waals surface area contributed by atoms with Crippen LogP contribution in [0.2, 0.25) is 0 Å². The summed E-state index contributed by atoms with van der Waals surface area (Å²) in [6.07, 6.45) is -2.59. The molecular weight excluding hydrogens is 278 g/mol. The maximum atomic E-state index is 12.6. The number of hydrogen-bond donors (Lipinski definition) is 0. The Kier molecular flexibility index (Phi) is 3.47. The molecule has 0 unspecified atom stereocenters. The normalized spacial score (nSPS) is 11.2. The summed E-state index contributed by atoms with van der Waals surface area (Å²) in [7, 11) is 0. The lowest BCUT2D eigenvalue weighted by molar-refractivity contribution is 0.145. The van der Waals surface area contributed by atoms with Gasteiger partial charge in [0.15, 0.2) is 0 Å². The maximum absolute atomic E-state index is 12.6. The number of alkyl halides is 2. The highest BCUT2D eigenvalue weighted by atomic mass is 19.3. The molecule has 0 saturated heterocycles. The van der Waals surface area contributed by atoms with E-state index in [2.05, 4.69) is 15.2 Å². The molecule has 0 amide bonds. The smallest absolute Gasteiger partial charge is 0.282 e. The highest BCUT2D eigenvalue weighted by Crippen LogP contribution is 2.19. The minimum Gasteiger partial charge on any atom is -0.337 e. The lowest BCUT2D eigenvalue weighted by Gasteiger charge is -1.98. The number of hydrogen-bond acceptors (Lipinski definition) is 4. The lowest BCUT2D eigenvalue weighted by atomic mass is 10.2. The Morgan fingerprint density at radius 2 is 2.00 bits per heavy atom. The van der Waals surface area contributed by atoms with E-state index in [1.54, 1.807) is 6.92 Å². The van der Waals surface area contributed by atoms with E-state index in [0.29, 0.717) is 17.4 Å². The van der Waals surface area contributed by atoms with Crippen LogP contribution < -0.4 is 0 Å². The van der Waals surface area contributed by atoms with Gasteiger partial charge in [0.2, 0.25) is 11.7 Å². The number of halogens is 2. The molecule has 3 aromatic rings. The van der Waals surface area contributed by atoms with Crippen LogP contribution in [0.3, 0.4) is 0 Å². The third-order valence-electron chi connectivity index (χ3n) is 3.01. The Bertz CT molecular complexity index is 737. The fourth-order valence-corrected chi connectivity index (χ4v) is 1.95. The van der Waals surface area contributed by atoms with Crippen molar-refractivity contribution in [2.45, 2.75) is 19.9 Å². The summed E-state index contributed by atoms with van der Waals surface area (Å²) in [5, 5.41) is 7.70. The molecule has 0 radical (unpaired) electrons. The fourth-order valence-electron chi connectivity index (χ4n) is 1.95. The van der Waals surface area contributed by atoms with Gasteiger partial charge in [-0.15, -0.1) is 0 Å². The number of aromatic nitrogens is 4. The Labute approximate surface area is 119 Å². The van der Waals surface area contributed by atoms with Gasteiger partial charge in [0, 0.05) is 11.3 Å². The average molecular weight is 290 g/mol. The van der Waals surface area contributed by atoms with Gasteiger partial charge in [-0.1, -0.05) is 35.5 Å². The van der Waals surface area contributed by atoms with E-state index in [9.17, 15) is 8.78 Å². The molecule has 21 heavy (non-hydrogen) atoms. The van der Waals surface area contributed by atoms with Crippen LogP contribution in [-0.2, 0) is 6.54 Å². The number of benzene rings is 1. The lowest BCUT2D eigenvalue weighted by Crippen LogP contribution is -2.04. The first-order valence-electron chi connectivity index (χ1n) is 6.34. The largest absolute Gasteiger partial charge is 0.337 e. The van der Waals surface area contributed by atoms with E-state index in [1.165, 1.54) is 10.7 Å². The van der Waals surface area contributed by atoms with Gasteiger partial charge in [0.05, 0.1) is 0 Å². The Hall–Kier alpha value is -2.57. The molecule has 5 nitrogen and oxygen atoms in total. The van der Waals surface area contributed by atoms with Crippen LogP contribution in [0.5, 0.6) is 0 Å². The monoisotopic (exact) mass is 290 g/mol. The van der Waals surface area contributed by atoms with E-state index in [0.717, 1.165) is 5.56 Å². The summed E-state index contributed by atoms with van der Waals surface area (Å²) < 4.78 is 31.8. The van der Waals surface area contributed by atoms with Gasteiger partial charge in [0.25, 0.3) is 6.43 Å². The van der Waals surface area contributed by atoms with Crippen molar-refractivity contribution in [1.29, 1.82) is 0 Å². The molecule has 0 fully saturated rings. The van der Waals surface area contributed by atoms with Gasteiger partial charge in [-0.05, 0) is 13.0 Å². The van der Waals surface area contributed by atoms with Crippen molar-refractivity contribution in [3.63, 3.8) is 0 Å². The molecule has 7 heteroatoms. The van der Waals surface area contributed by atoms with Gasteiger partial charge in [-0.2, -0.15) is 10.1 Å². The van der Waals surface area contributed by atoms with Gasteiger partial charge in [-0.25, -0.2) is 8.78 Å². The molecule has 0 aliphatic heterocycles. The molecule has 0 bridgehead atoms. The molecule has 0 atom stereocenters.